The smallest absolute Gasteiger partial charge is 0.168 e. The first kappa shape index (κ1) is 12.1. The second kappa shape index (κ2) is 4.97. The van der Waals surface area contributed by atoms with E-state index in [9.17, 15) is 0 Å². The van der Waals surface area contributed by atoms with Crippen LogP contribution in [0.2, 0.25) is 0 Å². The number of nitrogens with zero attached hydrogens (tertiary/aromatic N) is 3. The van der Waals surface area contributed by atoms with Crippen LogP contribution in [-0.2, 0) is 0 Å². The number of hydrogen-bond donors (Lipinski definition) is 0. The molecule has 0 saturated carbocycles. The molecule has 0 saturated heterocycles. The molecule has 94 valence electrons. The van der Waals surface area contributed by atoms with E-state index in [1.807, 2.05) is 34.9 Å². The molecule has 2 aromatic carbocycles. The topological polar surface area (TPSA) is 30.7 Å². The molecule has 3 nitrogen and oxygen atoms in total. The Kier molecular flexibility index (Phi) is 3.17. The highest BCUT2D eigenvalue weighted by molar-refractivity contribution is 9.10. The summed E-state index contributed by atoms with van der Waals surface area (Å²) >= 11 is 3.52. The summed E-state index contributed by atoms with van der Waals surface area (Å²) in [5.74, 6) is 0.843. The predicted molar refractivity (Wildman–Crippen MR) is 79.2 cm³/mol. The number of aromatic nitrogens is 3. The number of benzene rings is 2. The van der Waals surface area contributed by atoms with Crippen molar-refractivity contribution in [3.63, 3.8) is 0 Å². The Morgan fingerprint density at radius 2 is 1.84 bits per heavy atom. The monoisotopic (exact) mass is 313 g/mol. The third-order valence-electron chi connectivity index (χ3n) is 2.88. The van der Waals surface area contributed by atoms with Gasteiger partial charge in [-0.15, -0.1) is 10.2 Å². The fourth-order valence-electron chi connectivity index (χ4n) is 2.07. The SMILES string of the molecule is Cc1cc(Br)cc(-c2nncn2-c2ccccc2)c1. The molecule has 0 amide bonds. The van der Waals surface area contributed by atoms with Gasteiger partial charge in [0.2, 0.25) is 0 Å². The van der Waals surface area contributed by atoms with Crippen molar-refractivity contribution in [2.24, 2.45) is 0 Å². The van der Waals surface area contributed by atoms with Crippen LogP contribution < -0.4 is 0 Å². The first-order valence-electron chi connectivity index (χ1n) is 5.97. The van der Waals surface area contributed by atoms with E-state index in [0.29, 0.717) is 0 Å². The van der Waals surface area contributed by atoms with Crippen molar-refractivity contribution < 1.29 is 0 Å². The van der Waals surface area contributed by atoms with Crippen LogP contribution in [0.3, 0.4) is 0 Å². The molecule has 0 unspecified atom stereocenters. The zero-order chi connectivity index (χ0) is 13.2. The van der Waals surface area contributed by atoms with Crippen LogP contribution in [0.25, 0.3) is 17.1 Å². The lowest BCUT2D eigenvalue weighted by Crippen LogP contribution is -1.96. The fourth-order valence-corrected chi connectivity index (χ4v) is 2.68. The van der Waals surface area contributed by atoms with Gasteiger partial charge in [0.25, 0.3) is 0 Å². The Labute approximate surface area is 120 Å². The van der Waals surface area contributed by atoms with Gasteiger partial charge >= 0.3 is 0 Å². The summed E-state index contributed by atoms with van der Waals surface area (Å²) in [6.07, 6.45) is 1.74. The van der Waals surface area contributed by atoms with E-state index in [1.165, 1.54) is 5.56 Å². The maximum absolute atomic E-state index is 4.24. The summed E-state index contributed by atoms with van der Waals surface area (Å²) in [4.78, 5) is 0. The van der Waals surface area contributed by atoms with Crippen molar-refractivity contribution >= 4 is 15.9 Å². The second-order valence-corrected chi connectivity index (χ2v) is 5.29. The van der Waals surface area contributed by atoms with Crippen molar-refractivity contribution in [2.75, 3.05) is 0 Å². The van der Waals surface area contributed by atoms with Gasteiger partial charge in [-0.1, -0.05) is 34.1 Å². The van der Waals surface area contributed by atoms with Gasteiger partial charge in [0.1, 0.15) is 6.33 Å². The Hall–Kier alpha value is -1.94. The zero-order valence-electron chi connectivity index (χ0n) is 10.4. The molecule has 0 spiro atoms. The summed E-state index contributed by atoms with van der Waals surface area (Å²) < 4.78 is 3.03. The average molecular weight is 314 g/mol. The minimum atomic E-state index is 0.843. The maximum atomic E-state index is 4.24. The molecule has 0 N–H and O–H groups in total. The number of rotatable bonds is 2. The van der Waals surface area contributed by atoms with E-state index < -0.39 is 0 Å². The van der Waals surface area contributed by atoms with Crippen LogP contribution in [0, 0.1) is 6.92 Å². The Balaban J connectivity index is 2.15. The first-order chi connectivity index (χ1) is 9.24. The quantitative estimate of drug-likeness (QED) is 0.715. The molecule has 0 bridgehead atoms. The van der Waals surface area contributed by atoms with Gasteiger partial charge in [0.05, 0.1) is 0 Å². The molecule has 0 atom stereocenters. The van der Waals surface area contributed by atoms with Crippen LogP contribution in [0.4, 0.5) is 0 Å². The molecule has 0 aliphatic heterocycles. The van der Waals surface area contributed by atoms with Gasteiger partial charge in [-0.05, 0) is 42.8 Å². The summed E-state index contributed by atoms with van der Waals surface area (Å²) in [5.41, 5.74) is 3.29. The van der Waals surface area contributed by atoms with Crippen LogP contribution in [-0.4, -0.2) is 14.8 Å². The standard InChI is InChI=1S/C15H12BrN3/c1-11-7-12(9-13(16)8-11)15-18-17-10-19(15)14-5-3-2-4-6-14/h2-10H,1H3. The van der Waals surface area contributed by atoms with Crippen LogP contribution in [0.1, 0.15) is 5.56 Å². The third-order valence-corrected chi connectivity index (χ3v) is 3.34. The van der Waals surface area contributed by atoms with E-state index in [0.717, 1.165) is 21.5 Å². The Morgan fingerprint density at radius 1 is 1.05 bits per heavy atom. The van der Waals surface area contributed by atoms with Gasteiger partial charge in [0, 0.05) is 15.7 Å². The van der Waals surface area contributed by atoms with Crippen molar-refractivity contribution in [1.82, 2.24) is 14.8 Å². The van der Waals surface area contributed by atoms with Crippen LogP contribution >= 0.6 is 15.9 Å². The summed E-state index contributed by atoms with van der Waals surface area (Å²) in [5, 5.41) is 8.27. The number of hydrogen-bond acceptors (Lipinski definition) is 2. The molecule has 1 aromatic heterocycles. The van der Waals surface area contributed by atoms with Crippen molar-refractivity contribution in [3.05, 3.63) is 64.9 Å². The highest BCUT2D eigenvalue weighted by atomic mass is 79.9. The lowest BCUT2D eigenvalue weighted by Gasteiger charge is -2.07. The molecule has 0 radical (unpaired) electrons. The number of aryl methyl sites for hydroxylation is 1. The normalized spacial score (nSPS) is 10.6. The molecule has 3 rings (SSSR count). The zero-order valence-corrected chi connectivity index (χ0v) is 12.0. The minimum Gasteiger partial charge on any atom is -0.282 e. The lowest BCUT2D eigenvalue weighted by molar-refractivity contribution is 1.06. The van der Waals surface area contributed by atoms with E-state index in [1.54, 1.807) is 6.33 Å². The van der Waals surface area contributed by atoms with Crippen LogP contribution in [0.15, 0.2) is 59.3 Å². The molecule has 1 heterocycles. The molecule has 0 aliphatic carbocycles. The summed E-state index contributed by atoms with van der Waals surface area (Å²) in [6.45, 7) is 2.07. The van der Waals surface area contributed by atoms with E-state index in [4.69, 9.17) is 0 Å². The Morgan fingerprint density at radius 3 is 2.58 bits per heavy atom. The van der Waals surface area contributed by atoms with E-state index >= 15 is 0 Å². The highest BCUT2D eigenvalue weighted by Crippen LogP contribution is 2.25. The van der Waals surface area contributed by atoms with Gasteiger partial charge < -0.3 is 0 Å². The second-order valence-electron chi connectivity index (χ2n) is 4.38. The maximum Gasteiger partial charge on any atom is 0.168 e. The van der Waals surface area contributed by atoms with Crippen molar-refractivity contribution in [2.45, 2.75) is 6.92 Å². The molecule has 4 heteroatoms. The lowest BCUT2D eigenvalue weighted by atomic mass is 10.1. The van der Waals surface area contributed by atoms with Crippen molar-refractivity contribution in [3.8, 4) is 17.1 Å². The van der Waals surface area contributed by atoms with E-state index in [-0.39, 0.29) is 0 Å². The summed E-state index contributed by atoms with van der Waals surface area (Å²) in [6, 6.07) is 16.3. The molecule has 0 fully saturated rings. The molecule has 3 aromatic rings. The fraction of sp³-hybridized carbons (Fsp3) is 0.0667. The molecular formula is C15H12BrN3. The van der Waals surface area contributed by atoms with Gasteiger partial charge in [-0.2, -0.15) is 0 Å². The summed E-state index contributed by atoms with van der Waals surface area (Å²) in [7, 11) is 0. The first-order valence-corrected chi connectivity index (χ1v) is 6.76. The molecule has 19 heavy (non-hydrogen) atoms. The molecular weight excluding hydrogens is 302 g/mol. The van der Waals surface area contributed by atoms with E-state index in [2.05, 4.69) is 51.3 Å². The molecule has 0 aliphatic rings. The van der Waals surface area contributed by atoms with Gasteiger partial charge in [0.15, 0.2) is 5.82 Å². The minimum absolute atomic E-state index is 0.843. The van der Waals surface area contributed by atoms with Crippen LogP contribution in [0.5, 0.6) is 0 Å². The number of para-hydroxylation sites is 1. The average Bonchev–Trinajstić information content (AvgIpc) is 2.88. The highest BCUT2D eigenvalue weighted by Gasteiger charge is 2.09. The number of halogens is 1. The van der Waals surface area contributed by atoms with Gasteiger partial charge in [-0.3, -0.25) is 4.57 Å². The Bertz CT molecular complexity index is 684. The van der Waals surface area contributed by atoms with Crippen molar-refractivity contribution in [1.29, 1.82) is 0 Å². The third kappa shape index (κ3) is 2.44. The predicted octanol–water partition coefficient (Wildman–Crippen LogP) is 4.01. The largest absolute Gasteiger partial charge is 0.282 e. The van der Waals surface area contributed by atoms with Gasteiger partial charge in [-0.25, -0.2) is 0 Å².